The van der Waals surface area contributed by atoms with Gasteiger partial charge in [0, 0.05) is 25.9 Å². The van der Waals surface area contributed by atoms with Crippen LogP contribution >= 0.6 is 0 Å². The Morgan fingerprint density at radius 1 is 1.42 bits per heavy atom. The Hall–Kier alpha value is -1.07. The predicted molar refractivity (Wildman–Crippen MR) is 72.8 cm³/mol. The number of hydrogen-bond acceptors (Lipinski definition) is 3. The molecule has 0 aromatic carbocycles. The van der Waals surface area contributed by atoms with Gasteiger partial charge in [0.2, 0.25) is 0 Å². The topological polar surface area (TPSA) is 59.6 Å². The fraction of sp³-hybridized carbons (Fsp3) is 0.786. The average Bonchev–Trinajstić information content (AvgIpc) is 2.81. The van der Waals surface area contributed by atoms with Crippen molar-refractivity contribution in [3.63, 3.8) is 0 Å². The van der Waals surface area contributed by atoms with Crippen LogP contribution in [0.1, 0.15) is 32.6 Å². The standard InChI is InChI=1S/C14H24N2O3/c1-3-8-15-13(17)16-9-12-10-18-14(19-12)6-4-11(2)5-7-14/h3,11-12H,1,4-10H2,2H3,(H2,15,16,17)/t11?,12-,14?/m0/s1. The van der Waals surface area contributed by atoms with E-state index >= 15 is 0 Å². The summed E-state index contributed by atoms with van der Waals surface area (Å²) in [6.45, 7) is 7.33. The number of ether oxygens (including phenoxy) is 2. The molecular weight excluding hydrogens is 244 g/mol. The van der Waals surface area contributed by atoms with Gasteiger partial charge in [-0.1, -0.05) is 13.0 Å². The Morgan fingerprint density at radius 3 is 2.84 bits per heavy atom. The summed E-state index contributed by atoms with van der Waals surface area (Å²) in [5.74, 6) is 0.385. The van der Waals surface area contributed by atoms with E-state index in [1.165, 1.54) is 0 Å². The summed E-state index contributed by atoms with van der Waals surface area (Å²) in [6.07, 6.45) is 5.84. The van der Waals surface area contributed by atoms with Gasteiger partial charge in [0.25, 0.3) is 0 Å². The third kappa shape index (κ3) is 3.94. The van der Waals surface area contributed by atoms with Gasteiger partial charge >= 0.3 is 6.03 Å². The quantitative estimate of drug-likeness (QED) is 0.764. The Labute approximate surface area is 114 Å². The van der Waals surface area contributed by atoms with Crippen LogP contribution in [0.5, 0.6) is 0 Å². The maximum Gasteiger partial charge on any atom is 0.315 e. The molecule has 2 N–H and O–H groups in total. The van der Waals surface area contributed by atoms with Crippen molar-refractivity contribution in [2.45, 2.75) is 44.5 Å². The average molecular weight is 268 g/mol. The molecule has 0 aromatic rings. The van der Waals surface area contributed by atoms with Crippen LogP contribution in [0, 0.1) is 5.92 Å². The number of nitrogens with one attached hydrogen (secondary N) is 2. The van der Waals surface area contributed by atoms with E-state index in [1.54, 1.807) is 6.08 Å². The van der Waals surface area contributed by atoms with Crippen molar-refractivity contribution in [2.75, 3.05) is 19.7 Å². The van der Waals surface area contributed by atoms with E-state index in [9.17, 15) is 4.79 Å². The number of amides is 2. The van der Waals surface area contributed by atoms with E-state index in [0.717, 1.165) is 31.6 Å². The van der Waals surface area contributed by atoms with Crippen molar-refractivity contribution in [3.8, 4) is 0 Å². The first-order chi connectivity index (χ1) is 9.13. The molecule has 1 saturated heterocycles. The zero-order valence-corrected chi connectivity index (χ0v) is 11.6. The molecule has 2 amide bonds. The van der Waals surface area contributed by atoms with Gasteiger partial charge < -0.3 is 20.1 Å². The number of urea groups is 1. The molecule has 0 radical (unpaired) electrons. The van der Waals surface area contributed by atoms with E-state index in [2.05, 4.69) is 24.1 Å². The van der Waals surface area contributed by atoms with Gasteiger partial charge in [-0.25, -0.2) is 4.79 Å². The van der Waals surface area contributed by atoms with Crippen molar-refractivity contribution in [3.05, 3.63) is 12.7 Å². The second-order valence-electron chi connectivity index (χ2n) is 5.52. The maximum atomic E-state index is 11.4. The fourth-order valence-electron chi connectivity index (χ4n) is 2.62. The molecule has 0 unspecified atom stereocenters. The highest BCUT2D eigenvalue weighted by atomic mass is 16.7. The lowest BCUT2D eigenvalue weighted by atomic mass is 9.86. The third-order valence-electron chi connectivity index (χ3n) is 3.85. The summed E-state index contributed by atoms with van der Waals surface area (Å²) >= 11 is 0. The minimum Gasteiger partial charge on any atom is -0.347 e. The largest absolute Gasteiger partial charge is 0.347 e. The Bertz CT molecular complexity index is 325. The van der Waals surface area contributed by atoms with E-state index in [4.69, 9.17) is 9.47 Å². The first-order valence-corrected chi connectivity index (χ1v) is 7.08. The third-order valence-corrected chi connectivity index (χ3v) is 3.85. The Balaban J connectivity index is 1.70. The molecule has 1 saturated carbocycles. The van der Waals surface area contributed by atoms with E-state index < -0.39 is 0 Å². The van der Waals surface area contributed by atoms with Crippen molar-refractivity contribution < 1.29 is 14.3 Å². The molecule has 1 aliphatic carbocycles. The summed E-state index contributed by atoms with van der Waals surface area (Å²) in [6, 6.07) is -0.193. The molecule has 1 heterocycles. The van der Waals surface area contributed by atoms with Gasteiger partial charge in [-0.3, -0.25) is 0 Å². The molecule has 1 spiro atoms. The van der Waals surface area contributed by atoms with Crippen LogP contribution in [0.15, 0.2) is 12.7 Å². The minimum absolute atomic E-state index is 0.0390. The lowest BCUT2D eigenvalue weighted by Gasteiger charge is -2.34. The van der Waals surface area contributed by atoms with Gasteiger partial charge in [-0.2, -0.15) is 0 Å². The van der Waals surface area contributed by atoms with Crippen LogP contribution in [0.25, 0.3) is 0 Å². The molecule has 5 nitrogen and oxygen atoms in total. The molecular formula is C14H24N2O3. The zero-order chi connectivity index (χ0) is 13.7. The molecule has 19 heavy (non-hydrogen) atoms. The van der Waals surface area contributed by atoms with Crippen molar-refractivity contribution in [2.24, 2.45) is 5.92 Å². The highest BCUT2D eigenvalue weighted by molar-refractivity contribution is 5.73. The van der Waals surface area contributed by atoms with Gasteiger partial charge in [-0.05, 0) is 18.8 Å². The maximum absolute atomic E-state index is 11.4. The molecule has 5 heteroatoms. The second-order valence-corrected chi connectivity index (χ2v) is 5.52. The summed E-state index contributed by atoms with van der Waals surface area (Å²) in [5.41, 5.74) is 0. The number of rotatable bonds is 4. The Kier molecular flexibility index (Phi) is 4.82. The minimum atomic E-state index is -0.379. The monoisotopic (exact) mass is 268 g/mol. The van der Waals surface area contributed by atoms with Crippen molar-refractivity contribution in [1.29, 1.82) is 0 Å². The van der Waals surface area contributed by atoms with Crippen LogP contribution in [0.4, 0.5) is 4.79 Å². The highest BCUT2D eigenvalue weighted by Crippen LogP contribution is 2.39. The normalized spacial score (nSPS) is 34.2. The van der Waals surface area contributed by atoms with Crippen molar-refractivity contribution >= 4 is 6.03 Å². The van der Waals surface area contributed by atoms with Gasteiger partial charge in [-0.15, -0.1) is 6.58 Å². The molecule has 2 fully saturated rings. The predicted octanol–water partition coefficient (Wildman–Crippen LogP) is 1.79. The van der Waals surface area contributed by atoms with Crippen LogP contribution in [0.3, 0.4) is 0 Å². The lowest BCUT2D eigenvalue weighted by molar-refractivity contribution is -0.191. The molecule has 1 aliphatic heterocycles. The summed E-state index contributed by atoms with van der Waals surface area (Å²) in [7, 11) is 0. The molecule has 2 aliphatic rings. The van der Waals surface area contributed by atoms with Gasteiger partial charge in [0.05, 0.1) is 6.61 Å². The summed E-state index contributed by atoms with van der Waals surface area (Å²) in [5, 5.41) is 5.46. The van der Waals surface area contributed by atoms with E-state index in [-0.39, 0.29) is 17.9 Å². The molecule has 2 rings (SSSR count). The number of carbonyl (C=O) groups excluding carboxylic acids is 1. The van der Waals surface area contributed by atoms with Crippen LogP contribution in [-0.2, 0) is 9.47 Å². The van der Waals surface area contributed by atoms with E-state index in [1.807, 2.05) is 0 Å². The van der Waals surface area contributed by atoms with Gasteiger partial charge in [0.1, 0.15) is 6.10 Å². The first kappa shape index (κ1) is 14.3. The van der Waals surface area contributed by atoms with Crippen LogP contribution in [-0.4, -0.2) is 37.6 Å². The smallest absolute Gasteiger partial charge is 0.315 e. The fourth-order valence-corrected chi connectivity index (χ4v) is 2.62. The summed E-state index contributed by atoms with van der Waals surface area (Å²) < 4.78 is 11.9. The number of hydrogen-bond donors (Lipinski definition) is 2. The van der Waals surface area contributed by atoms with Crippen LogP contribution < -0.4 is 10.6 Å². The highest BCUT2D eigenvalue weighted by Gasteiger charge is 2.43. The molecule has 108 valence electrons. The zero-order valence-electron chi connectivity index (χ0n) is 11.6. The van der Waals surface area contributed by atoms with Gasteiger partial charge in [0.15, 0.2) is 5.79 Å². The number of carbonyl (C=O) groups is 1. The molecule has 0 aromatic heterocycles. The van der Waals surface area contributed by atoms with Crippen molar-refractivity contribution in [1.82, 2.24) is 10.6 Å². The molecule has 1 atom stereocenters. The van der Waals surface area contributed by atoms with Crippen LogP contribution in [0.2, 0.25) is 0 Å². The molecule has 0 bridgehead atoms. The SMILES string of the molecule is C=CCNC(=O)NC[C@H]1COC2(CCC(C)CC2)O1. The lowest BCUT2D eigenvalue weighted by Crippen LogP contribution is -2.41. The Morgan fingerprint density at radius 2 is 2.16 bits per heavy atom. The van der Waals surface area contributed by atoms with E-state index in [0.29, 0.717) is 19.7 Å². The summed E-state index contributed by atoms with van der Waals surface area (Å²) in [4.78, 5) is 11.4. The second kappa shape index (κ2) is 6.39. The first-order valence-electron chi connectivity index (χ1n) is 7.08.